The second kappa shape index (κ2) is 11.3. The molecule has 0 aliphatic carbocycles. The van der Waals surface area contributed by atoms with Gasteiger partial charge in [0.15, 0.2) is 5.65 Å². The van der Waals surface area contributed by atoms with Gasteiger partial charge < -0.3 is 5.32 Å². The Morgan fingerprint density at radius 2 is 1.17 bits per heavy atom. The van der Waals surface area contributed by atoms with Gasteiger partial charge in [-0.2, -0.15) is 0 Å². The van der Waals surface area contributed by atoms with Gasteiger partial charge in [0.2, 0.25) is 0 Å². The number of pyridine rings is 2. The molecular formula is C43H30N4. The summed E-state index contributed by atoms with van der Waals surface area (Å²) in [6.07, 6.45) is 6.64. The minimum atomic E-state index is 0.0623. The second-order valence-electron chi connectivity index (χ2n) is 12.0. The van der Waals surface area contributed by atoms with Gasteiger partial charge in [-0.3, -0.25) is 4.40 Å². The number of nitrogens with one attached hydrogen (secondary N) is 1. The fourth-order valence-corrected chi connectivity index (χ4v) is 6.71. The van der Waals surface area contributed by atoms with E-state index in [4.69, 9.17) is 9.97 Å². The number of dihydropyridines is 1. The van der Waals surface area contributed by atoms with E-state index >= 15 is 0 Å². The van der Waals surface area contributed by atoms with E-state index in [-0.39, 0.29) is 6.04 Å². The molecule has 0 amide bonds. The lowest BCUT2D eigenvalue weighted by Crippen LogP contribution is -2.21. The zero-order valence-corrected chi connectivity index (χ0v) is 25.6. The van der Waals surface area contributed by atoms with Crippen LogP contribution in [0.4, 0.5) is 0 Å². The Morgan fingerprint density at radius 1 is 0.532 bits per heavy atom. The maximum absolute atomic E-state index is 5.24. The van der Waals surface area contributed by atoms with E-state index in [1.165, 1.54) is 22.3 Å². The van der Waals surface area contributed by atoms with Crippen molar-refractivity contribution in [3.8, 4) is 22.4 Å². The number of nitrogens with zero attached hydrogens (tertiary/aromatic N) is 3. The molecular weight excluding hydrogens is 573 g/mol. The van der Waals surface area contributed by atoms with Crippen molar-refractivity contribution in [2.24, 2.45) is 0 Å². The monoisotopic (exact) mass is 602 g/mol. The Balaban J connectivity index is 1.15. The van der Waals surface area contributed by atoms with Crippen molar-refractivity contribution >= 4 is 38.9 Å². The van der Waals surface area contributed by atoms with Crippen molar-refractivity contribution < 1.29 is 0 Å². The molecule has 1 aliphatic heterocycles. The SMILES string of the molecule is C1=C(c2cccc(-c3cccc(-c4nc5c(nc6ccccn65)c5ccccc45)c3)c2)C=C(c2ccccc2)NC1c1ccccc1. The van der Waals surface area contributed by atoms with E-state index in [1.54, 1.807) is 0 Å². The zero-order chi connectivity index (χ0) is 31.2. The molecule has 1 N–H and O–H groups in total. The summed E-state index contributed by atoms with van der Waals surface area (Å²) >= 11 is 0. The van der Waals surface area contributed by atoms with Crippen LogP contribution in [-0.4, -0.2) is 14.4 Å². The van der Waals surface area contributed by atoms with Crippen molar-refractivity contribution in [2.75, 3.05) is 0 Å². The number of aromatic nitrogens is 3. The summed E-state index contributed by atoms with van der Waals surface area (Å²) < 4.78 is 2.07. The van der Waals surface area contributed by atoms with E-state index in [0.29, 0.717) is 0 Å². The molecule has 5 aromatic carbocycles. The van der Waals surface area contributed by atoms with Gasteiger partial charge in [-0.25, -0.2) is 9.97 Å². The highest BCUT2D eigenvalue weighted by atomic mass is 15.1. The average molecular weight is 603 g/mol. The third-order valence-corrected chi connectivity index (χ3v) is 9.03. The molecule has 0 saturated carbocycles. The van der Waals surface area contributed by atoms with Gasteiger partial charge >= 0.3 is 0 Å². The lowest BCUT2D eigenvalue weighted by atomic mass is 9.91. The van der Waals surface area contributed by atoms with Crippen molar-refractivity contribution in [2.45, 2.75) is 6.04 Å². The molecule has 1 unspecified atom stereocenters. The summed E-state index contributed by atoms with van der Waals surface area (Å²) in [5.41, 5.74) is 12.9. The molecule has 47 heavy (non-hydrogen) atoms. The van der Waals surface area contributed by atoms with E-state index in [1.807, 2.05) is 24.4 Å². The highest BCUT2D eigenvalue weighted by Crippen LogP contribution is 2.36. The lowest BCUT2D eigenvalue weighted by Gasteiger charge is -2.26. The number of rotatable bonds is 5. The molecule has 4 nitrogen and oxygen atoms in total. The molecule has 9 rings (SSSR count). The number of allylic oxidation sites excluding steroid dienone is 2. The number of fused-ring (bicyclic) bond motifs is 5. The molecule has 4 heterocycles. The molecule has 1 aliphatic rings. The fraction of sp³-hybridized carbons (Fsp3) is 0.0233. The minimum absolute atomic E-state index is 0.0623. The van der Waals surface area contributed by atoms with E-state index in [9.17, 15) is 0 Å². The molecule has 3 aromatic heterocycles. The molecule has 0 fully saturated rings. The Morgan fingerprint density at radius 3 is 1.98 bits per heavy atom. The van der Waals surface area contributed by atoms with Gasteiger partial charge in [0.25, 0.3) is 0 Å². The Labute approximate surface area is 273 Å². The number of imidazole rings is 1. The normalized spacial score (nSPS) is 14.6. The summed E-state index contributed by atoms with van der Waals surface area (Å²) in [7, 11) is 0. The third-order valence-electron chi connectivity index (χ3n) is 9.03. The smallest absolute Gasteiger partial charge is 0.165 e. The molecule has 0 radical (unpaired) electrons. The van der Waals surface area contributed by atoms with E-state index in [2.05, 4.69) is 155 Å². The van der Waals surface area contributed by atoms with E-state index < -0.39 is 0 Å². The van der Waals surface area contributed by atoms with Crippen LogP contribution in [0.15, 0.2) is 170 Å². The predicted octanol–water partition coefficient (Wildman–Crippen LogP) is 10.1. The molecule has 0 saturated heterocycles. The van der Waals surface area contributed by atoms with Crippen LogP contribution in [0.25, 0.3) is 61.2 Å². The largest absolute Gasteiger partial charge is 0.374 e. The van der Waals surface area contributed by atoms with Crippen molar-refractivity contribution in [1.82, 2.24) is 19.7 Å². The Kier molecular flexibility index (Phi) is 6.50. The van der Waals surface area contributed by atoms with Gasteiger partial charge in [0, 0.05) is 28.2 Å². The van der Waals surface area contributed by atoms with Gasteiger partial charge in [-0.05, 0) is 69.8 Å². The van der Waals surface area contributed by atoms with Crippen LogP contribution in [0, 0.1) is 0 Å². The van der Waals surface area contributed by atoms with Gasteiger partial charge in [-0.1, -0.05) is 127 Å². The Bertz CT molecular complexity index is 2490. The van der Waals surface area contributed by atoms with Crippen LogP contribution in [0.5, 0.6) is 0 Å². The lowest BCUT2D eigenvalue weighted by molar-refractivity contribution is 0.767. The molecule has 8 aromatic rings. The first-order valence-corrected chi connectivity index (χ1v) is 16.0. The number of hydrogen-bond acceptors (Lipinski definition) is 3. The Hall–Kier alpha value is -6.26. The zero-order valence-electron chi connectivity index (χ0n) is 25.6. The predicted molar refractivity (Wildman–Crippen MR) is 194 cm³/mol. The third kappa shape index (κ3) is 4.88. The quantitative estimate of drug-likeness (QED) is 0.213. The van der Waals surface area contributed by atoms with Crippen LogP contribution in [0.2, 0.25) is 0 Å². The highest BCUT2D eigenvalue weighted by molar-refractivity contribution is 6.09. The highest BCUT2D eigenvalue weighted by Gasteiger charge is 2.19. The summed E-state index contributed by atoms with van der Waals surface area (Å²) in [4.78, 5) is 10.2. The van der Waals surface area contributed by atoms with Crippen LogP contribution in [0.3, 0.4) is 0 Å². The standard InChI is InChI=1S/C43H30N4/c1-3-13-29(14-4-1)38-27-35(28-39(44-38)30-15-5-2-6-16-30)33-19-11-17-31(25-33)32-18-12-20-34(26-32)41-36-21-7-8-22-37(36)42-43(46-41)47-24-10-9-23-40(47)45-42/h1-28,38,44H. The van der Waals surface area contributed by atoms with Gasteiger partial charge in [0.05, 0.1) is 11.7 Å². The van der Waals surface area contributed by atoms with E-state index in [0.717, 1.165) is 55.7 Å². The van der Waals surface area contributed by atoms with Gasteiger partial charge in [-0.15, -0.1) is 0 Å². The maximum atomic E-state index is 5.24. The van der Waals surface area contributed by atoms with Crippen LogP contribution in [-0.2, 0) is 0 Å². The van der Waals surface area contributed by atoms with Crippen LogP contribution < -0.4 is 5.32 Å². The average Bonchev–Trinajstić information content (AvgIpc) is 3.54. The molecule has 1 atom stereocenters. The summed E-state index contributed by atoms with van der Waals surface area (Å²) in [5, 5.41) is 5.97. The summed E-state index contributed by atoms with van der Waals surface area (Å²) in [5.74, 6) is 0. The van der Waals surface area contributed by atoms with Crippen LogP contribution >= 0.6 is 0 Å². The van der Waals surface area contributed by atoms with Gasteiger partial charge in [0.1, 0.15) is 11.2 Å². The first-order chi connectivity index (χ1) is 23.3. The number of benzene rings is 5. The molecule has 222 valence electrons. The van der Waals surface area contributed by atoms with Crippen molar-refractivity contribution in [3.05, 3.63) is 187 Å². The topological polar surface area (TPSA) is 42.2 Å². The molecule has 0 spiro atoms. The first-order valence-electron chi connectivity index (χ1n) is 16.0. The summed E-state index contributed by atoms with van der Waals surface area (Å²) in [6, 6.07) is 53.4. The summed E-state index contributed by atoms with van der Waals surface area (Å²) in [6.45, 7) is 0. The molecule has 0 bridgehead atoms. The second-order valence-corrected chi connectivity index (χ2v) is 12.0. The number of hydrogen-bond donors (Lipinski definition) is 1. The van der Waals surface area contributed by atoms with Crippen LogP contribution in [0.1, 0.15) is 22.7 Å². The maximum Gasteiger partial charge on any atom is 0.165 e. The first kappa shape index (κ1) is 27.1. The molecule has 4 heteroatoms. The van der Waals surface area contributed by atoms with Crippen molar-refractivity contribution in [1.29, 1.82) is 0 Å². The fourth-order valence-electron chi connectivity index (χ4n) is 6.71. The van der Waals surface area contributed by atoms with Crippen molar-refractivity contribution in [3.63, 3.8) is 0 Å². The minimum Gasteiger partial charge on any atom is -0.374 e.